The van der Waals surface area contributed by atoms with Crippen LogP contribution in [-0.2, 0) is 31.3 Å². The molecule has 0 rings (SSSR count). The summed E-state index contributed by atoms with van der Waals surface area (Å²) in [6.45, 7) is 0. The first-order chi connectivity index (χ1) is 0. The zero-order chi connectivity index (χ0) is 0. The van der Waals surface area contributed by atoms with Crippen molar-refractivity contribution in [3.05, 3.63) is 0 Å². The summed E-state index contributed by atoms with van der Waals surface area (Å²) in [6, 6.07) is 0. The Kier molecular flexibility index (Phi) is 708. The Morgan fingerprint density at radius 1 is 1.00 bits per heavy atom. The summed E-state index contributed by atoms with van der Waals surface area (Å²) in [5.41, 5.74) is 0. The molecule has 0 aliphatic rings. The molecule has 0 spiro atoms. The molecule has 0 aromatic carbocycles. The normalized spacial score (nSPS) is 0. The number of hydrogen-bond donors (Lipinski definition) is 0. The van der Waals surface area contributed by atoms with Gasteiger partial charge < -0.3 is 0 Å². The van der Waals surface area contributed by atoms with Crippen LogP contribution >= 0.6 is 0 Å². The van der Waals surface area contributed by atoms with Gasteiger partial charge in [0.25, 0.3) is 0 Å². The molecule has 2 nitrogen and oxygen atoms in total. The largest absolute Gasteiger partial charge is 0 e. The predicted octanol–water partition coefficient (Wildman–Crippen LogP) is -0.983. The summed E-state index contributed by atoms with van der Waals surface area (Å²) in [6.07, 6.45) is 0. The van der Waals surface area contributed by atoms with E-state index in [-0.39, 0.29) is 48.4 Å². The summed E-state index contributed by atoms with van der Waals surface area (Å²) in [5.74, 6) is 0. The predicted molar refractivity (Wildman–Crippen MR) is 8.57 cm³/mol. The van der Waals surface area contributed by atoms with Crippen LogP contribution in [-0.4, -0.2) is 11.0 Å². The van der Waals surface area contributed by atoms with Crippen molar-refractivity contribution >= 4 is 11.0 Å². The Morgan fingerprint density at radius 3 is 1.00 bits per heavy atom. The quantitative estimate of drug-likeness (QED) is 0.486. The third-order valence-corrected chi connectivity index (χ3v) is 0. The molecular formula is HfNOSi. The second kappa shape index (κ2) is 35.7. The Morgan fingerprint density at radius 2 is 1.00 bits per heavy atom. The fourth-order valence-corrected chi connectivity index (χ4v) is 0. The van der Waals surface area contributed by atoms with Gasteiger partial charge in [0.2, 0.25) is 0 Å². The number of rotatable bonds is 0. The third kappa shape index (κ3) is 11.9. The summed E-state index contributed by atoms with van der Waals surface area (Å²) in [4.78, 5) is 0. The van der Waals surface area contributed by atoms with Crippen LogP contribution in [0.4, 0.5) is 0 Å². The van der Waals surface area contributed by atoms with Gasteiger partial charge in [-0.05, 0) is 0 Å². The van der Waals surface area contributed by atoms with Gasteiger partial charge in [0.05, 0.1) is 0 Å². The smallest absolute Gasteiger partial charge is 0 e. The van der Waals surface area contributed by atoms with Crippen molar-refractivity contribution in [2.75, 3.05) is 0 Å². The van der Waals surface area contributed by atoms with Crippen LogP contribution in [0.2, 0.25) is 0 Å². The van der Waals surface area contributed by atoms with E-state index < -0.39 is 0 Å². The van der Waals surface area contributed by atoms with Crippen LogP contribution < -0.4 is 6.15 Å². The van der Waals surface area contributed by atoms with Crippen molar-refractivity contribution in [3.63, 3.8) is 0 Å². The van der Waals surface area contributed by atoms with Gasteiger partial charge in [-0.2, -0.15) is 0 Å². The Balaban J connectivity index is 0. The third-order valence-electron chi connectivity index (χ3n) is 0. The van der Waals surface area contributed by atoms with E-state index in [9.17, 15) is 0 Å². The minimum atomic E-state index is 0. The van der Waals surface area contributed by atoms with Crippen molar-refractivity contribution in [1.82, 2.24) is 6.15 Å². The minimum Gasteiger partial charge on any atom is 0 e. The average molecular weight is 237 g/mol. The SMILES string of the molecule is [Hf].[N].[O].[Si]. The van der Waals surface area contributed by atoms with Crippen LogP contribution in [0.5, 0.6) is 0 Å². The van der Waals surface area contributed by atoms with Gasteiger partial charge in [-0.15, -0.1) is 0 Å². The molecule has 0 fully saturated rings. The molecule has 0 aromatic rings. The van der Waals surface area contributed by atoms with Crippen LogP contribution in [0.15, 0.2) is 0 Å². The van der Waals surface area contributed by atoms with Crippen molar-refractivity contribution in [2.24, 2.45) is 0 Å². The molecule has 0 N–H and O–H groups in total. The van der Waals surface area contributed by atoms with Gasteiger partial charge in [0.1, 0.15) is 0 Å². The number of hydrogen-bond acceptors (Lipinski definition) is 0. The molecule has 0 heterocycles. The van der Waals surface area contributed by atoms with Crippen LogP contribution in [0, 0.1) is 0 Å². The van der Waals surface area contributed by atoms with Gasteiger partial charge in [-0.1, -0.05) is 0 Å². The molecule has 19 valence electrons. The van der Waals surface area contributed by atoms with E-state index in [4.69, 9.17) is 0 Å². The molecule has 4 heavy (non-hydrogen) atoms. The standard InChI is InChI=1S/Hf.N.O.Si. The molecule has 4 heteroatoms. The molecular weight excluding hydrogens is 237 g/mol. The first-order valence-corrected chi connectivity index (χ1v) is 0. The molecule has 0 saturated carbocycles. The second-order valence-electron chi connectivity index (χ2n) is 0. The van der Waals surface area contributed by atoms with Crippen molar-refractivity contribution in [1.29, 1.82) is 0 Å². The maximum atomic E-state index is 0. The molecule has 0 bridgehead atoms. The van der Waals surface area contributed by atoms with Gasteiger partial charge in [-0.25, -0.2) is 0 Å². The first kappa shape index (κ1) is 79.3. The van der Waals surface area contributed by atoms with Gasteiger partial charge >= 0.3 is 0 Å². The molecule has 0 atom stereocenters. The molecule has 0 aromatic heterocycles. The van der Waals surface area contributed by atoms with E-state index in [0.717, 1.165) is 0 Å². The topological polar surface area (TPSA) is 59.0 Å². The monoisotopic (exact) mass is 238 g/mol. The molecule has 0 unspecified atom stereocenters. The zero-order valence-electron chi connectivity index (χ0n) is 1.86. The Labute approximate surface area is 48.7 Å². The van der Waals surface area contributed by atoms with Crippen molar-refractivity contribution in [2.45, 2.75) is 0 Å². The Bertz CT molecular complexity index is 8.00. The van der Waals surface area contributed by atoms with Crippen molar-refractivity contribution in [3.8, 4) is 0 Å². The first-order valence-electron chi connectivity index (χ1n) is 0. The average Bonchev–Trinajstić information content (AvgIpc) is 0. The second-order valence-corrected chi connectivity index (χ2v) is 0. The van der Waals surface area contributed by atoms with E-state index >= 15 is 0 Å². The number of nitrogens with zero attached hydrogens (tertiary/aromatic N) is 1. The van der Waals surface area contributed by atoms with Gasteiger partial charge in [0, 0.05) is 48.4 Å². The van der Waals surface area contributed by atoms with Crippen LogP contribution in [0.1, 0.15) is 0 Å². The molecule has 0 aliphatic carbocycles. The van der Waals surface area contributed by atoms with E-state index in [1.807, 2.05) is 0 Å². The Hall–Kier alpha value is 1.01. The summed E-state index contributed by atoms with van der Waals surface area (Å²) >= 11 is 0. The zero-order valence-corrected chi connectivity index (χ0v) is 6.45. The van der Waals surface area contributed by atoms with Crippen molar-refractivity contribution < 1.29 is 31.3 Å². The van der Waals surface area contributed by atoms with Gasteiger partial charge in [0.15, 0.2) is 0 Å². The maximum absolute atomic E-state index is 0. The molecule has 0 amide bonds. The van der Waals surface area contributed by atoms with E-state index in [2.05, 4.69) is 0 Å². The molecule has 0 aliphatic heterocycles. The van der Waals surface area contributed by atoms with Crippen LogP contribution in [0.3, 0.4) is 0 Å². The van der Waals surface area contributed by atoms with E-state index in [0.29, 0.717) is 0 Å². The van der Waals surface area contributed by atoms with E-state index in [1.165, 1.54) is 0 Å². The van der Waals surface area contributed by atoms with E-state index in [1.54, 1.807) is 0 Å². The van der Waals surface area contributed by atoms with Gasteiger partial charge in [-0.3, -0.25) is 0 Å². The fourth-order valence-electron chi connectivity index (χ4n) is 0. The van der Waals surface area contributed by atoms with Crippen LogP contribution in [0.25, 0.3) is 0 Å². The summed E-state index contributed by atoms with van der Waals surface area (Å²) < 4.78 is 0. The molecule has 0 saturated heterocycles. The maximum Gasteiger partial charge on any atom is 0 e. The summed E-state index contributed by atoms with van der Waals surface area (Å²) in [5, 5.41) is 0. The fraction of sp³-hybridized carbons (Fsp3) is 0. The molecule has 9 radical (unpaired) electrons. The minimum absolute atomic E-state index is 0. The summed E-state index contributed by atoms with van der Waals surface area (Å²) in [7, 11) is 0.